The molecular formula is C21H22ClNO4. The minimum Gasteiger partial charge on any atom is -0.458 e. The zero-order valence-corrected chi connectivity index (χ0v) is 16.0. The lowest BCUT2D eigenvalue weighted by Crippen LogP contribution is -2.19. The predicted molar refractivity (Wildman–Crippen MR) is 102 cm³/mol. The van der Waals surface area contributed by atoms with Crippen LogP contribution in [0.2, 0.25) is 5.02 Å². The Morgan fingerprint density at radius 2 is 2.15 bits per heavy atom. The number of halogens is 1. The number of Topliss-reactive ketones (excluding diaryl/α,β-unsaturated/α-hetero) is 1. The van der Waals surface area contributed by atoms with Crippen molar-refractivity contribution >= 4 is 23.4 Å². The molecule has 1 fully saturated rings. The molecule has 0 amide bonds. The lowest BCUT2D eigenvalue weighted by atomic mass is 9.81. The summed E-state index contributed by atoms with van der Waals surface area (Å²) in [5, 5.41) is 0.665. The number of aromatic amines is 1. The molecule has 0 saturated carbocycles. The van der Waals surface area contributed by atoms with E-state index in [-0.39, 0.29) is 24.4 Å². The van der Waals surface area contributed by atoms with E-state index in [1.165, 1.54) is 0 Å². The van der Waals surface area contributed by atoms with E-state index in [4.69, 9.17) is 21.1 Å². The molecule has 1 aliphatic carbocycles. The summed E-state index contributed by atoms with van der Waals surface area (Å²) in [6.07, 6.45) is 2.91. The molecule has 1 saturated heterocycles. The van der Waals surface area contributed by atoms with Crippen LogP contribution in [0, 0.1) is 6.92 Å². The summed E-state index contributed by atoms with van der Waals surface area (Å²) in [5.74, 6) is -0.389. The number of benzene rings is 1. The van der Waals surface area contributed by atoms with Gasteiger partial charge in [0.1, 0.15) is 12.3 Å². The molecule has 0 bridgehead atoms. The number of fused-ring (bicyclic) bond motifs is 1. The van der Waals surface area contributed by atoms with Crippen LogP contribution in [0.1, 0.15) is 62.8 Å². The molecule has 0 radical (unpaired) electrons. The second kappa shape index (κ2) is 7.49. The smallest absolute Gasteiger partial charge is 0.355 e. The maximum Gasteiger partial charge on any atom is 0.355 e. The molecule has 0 spiro atoms. The highest BCUT2D eigenvalue weighted by atomic mass is 35.5. The van der Waals surface area contributed by atoms with Gasteiger partial charge in [-0.1, -0.05) is 29.8 Å². The molecule has 2 aromatic rings. The summed E-state index contributed by atoms with van der Waals surface area (Å²) in [6, 6.07) is 7.60. The largest absolute Gasteiger partial charge is 0.458 e. The van der Waals surface area contributed by atoms with Crippen molar-refractivity contribution in [2.24, 2.45) is 0 Å². The summed E-state index contributed by atoms with van der Waals surface area (Å²) < 4.78 is 10.9. The van der Waals surface area contributed by atoms with E-state index in [1.807, 2.05) is 24.3 Å². The van der Waals surface area contributed by atoms with Crippen LogP contribution in [0.5, 0.6) is 0 Å². The molecule has 2 atom stereocenters. The second-order valence-corrected chi connectivity index (χ2v) is 7.67. The normalized spacial score (nSPS) is 21.9. The third-order valence-electron chi connectivity index (χ3n) is 5.46. The molecule has 5 nitrogen and oxygen atoms in total. The van der Waals surface area contributed by atoms with Gasteiger partial charge < -0.3 is 14.5 Å². The van der Waals surface area contributed by atoms with Crippen LogP contribution in [0.25, 0.3) is 0 Å². The molecule has 2 heterocycles. The van der Waals surface area contributed by atoms with Gasteiger partial charge in [0.2, 0.25) is 0 Å². The lowest BCUT2D eigenvalue weighted by molar-refractivity contribution is 0.0156. The zero-order valence-electron chi connectivity index (χ0n) is 15.2. The Labute approximate surface area is 163 Å². The zero-order chi connectivity index (χ0) is 19.0. The number of carbonyl (C=O) groups excluding carboxylic acids is 2. The highest BCUT2D eigenvalue weighted by Crippen LogP contribution is 2.37. The van der Waals surface area contributed by atoms with Crippen molar-refractivity contribution in [1.29, 1.82) is 0 Å². The summed E-state index contributed by atoms with van der Waals surface area (Å²) in [7, 11) is 0. The number of aromatic nitrogens is 1. The fraction of sp³-hybridized carbons (Fsp3) is 0.429. The first-order chi connectivity index (χ1) is 13.0. The Morgan fingerprint density at radius 1 is 1.33 bits per heavy atom. The summed E-state index contributed by atoms with van der Waals surface area (Å²) in [6.45, 7) is 2.76. The Balaban J connectivity index is 1.55. The van der Waals surface area contributed by atoms with Crippen LogP contribution < -0.4 is 0 Å². The van der Waals surface area contributed by atoms with Gasteiger partial charge in [-0.15, -0.1) is 0 Å². The molecule has 4 rings (SSSR count). The van der Waals surface area contributed by atoms with Crippen molar-refractivity contribution in [2.45, 2.75) is 44.6 Å². The summed E-state index contributed by atoms with van der Waals surface area (Å²) in [4.78, 5) is 28.4. The fourth-order valence-electron chi connectivity index (χ4n) is 4.08. The average molecular weight is 388 g/mol. The van der Waals surface area contributed by atoms with E-state index in [0.717, 1.165) is 30.7 Å². The minimum absolute atomic E-state index is 0.00695. The quantitative estimate of drug-likeness (QED) is 0.797. The predicted octanol–water partition coefficient (Wildman–Crippen LogP) is 4.23. The second-order valence-electron chi connectivity index (χ2n) is 7.26. The highest BCUT2D eigenvalue weighted by Gasteiger charge is 2.33. The lowest BCUT2D eigenvalue weighted by Gasteiger charge is -2.22. The molecule has 2 aliphatic rings. The van der Waals surface area contributed by atoms with E-state index >= 15 is 0 Å². The Kier molecular flexibility index (Phi) is 5.06. The van der Waals surface area contributed by atoms with E-state index < -0.39 is 5.97 Å². The van der Waals surface area contributed by atoms with Gasteiger partial charge in [-0.3, -0.25) is 4.79 Å². The molecule has 1 aromatic carbocycles. The van der Waals surface area contributed by atoms with Gasteiger partial charge in [-0.05, 0) is 49.3 Å². The van der Waals surface area contributed by atoms with Crippen LogP contribution in [0.15, 0.2) is 24.3 Å². The number of ether oxygens (including phenoxy) is 2. The molecule has 6 heteroatoms. The third-order valence-corrected chi connectivity index (χ3v) is 5.81. The third kappa shape index (κ3) is 3.54. The first-order valence-corrected chi connectivity index (χ1v) is 9.70. The Bertz CT molecular complexity index is 882. The van der Waals surface area contributed by atoms with Crippen molar-refractivity contribution in [3.05, 3.63) is 57.4 Å². The number of H-pyrrole nitrogens is 1. The maximum absolute atomic E-state index is 12.8. The molecule has 1 aromatic heterocycles. The van der Waals surface area contributed by atoms with Crippen LogP contribution in [0.4, 0.5) is 0 Å². The molecule has 27 heavy (non-hydrogen) atoms. The number of carbonyl (C=O) groups is 2. The van der Waals surface area contributed by atoms with E-state index in [0.29, 0.717) is 34.7 Å². The van der Waals surface area contributed by atoms with Gasteiger partial charge in [0.25, 0.3) is 0 Å². The SMILES string of the molecule is Cc1c(C(=O)OCC2CCCO2)[nH]c2c1C(=O)CC(c1ccccc1Cl)C2. The van der Waals surface area contributed by atoms with Gasteiger partial charge in [0.15, 0.2) is 5.78 Å². The van der Waals surface area contributed by atoms with E-state index in [1.54, 1.807) is 6.92 Å². The Hall–Kier alpha value is -2.11. The molecular weight excluding hydrogens is 366 g/mol. The van der Waals surface area contributed by atoms with Crippen LogP contribution in [-0.4, -0.2) is 36.1 Å². The van der Waals surface area contributed by atoms with Crippen molar-refractivity contribution in [3.8, 4) is 0 Å². The molecule has 1 aliphatic heterocycles. The topological polar surface area (TPSA) is 68.4 Å². The van der Waals surface area contributed by atoms with Crippen molar-refractivity contribution < 1.29 is 19.1 Å². The molecule has 2 unspecified atom stereocenters. The molecule has 1 N–H and O–H groups in total. The fourth-order valence-corrected chi connectivity index (χ4v) is 4.37. The van der Waals surface area contributed by atoms with Crippen molar-refractivity contribution in [1.82, 2.24) is 4.98 Å². The van der Waals surface area contributed by atoms with Gasteiger partial charge in [-0.25, -0.2) is 4.79 Å². The van der Waals surface area contributed by atoms with Gasteiger partial charge in [0.05, 0.1) is 6.10 Å². The maximum atomic E-state index is 12.8. The number of hydrogen-bond donors (Lipinski definition) is 1. The van der Waals surface area contributed by atoms with E-state index in [2.05, 4.69) is 4.98 Å². The number of hydrogen-bond acceptors (Lipinski definition) is 4. The summed E-state index contributed by atoms with van der Waals surface area (Å²) in [5.41, 5.74) is 3.42. The van der Waals surface area contributed by atoms with Gasteiger partial charge >= 0.3 is 5.97 Å². The number of ketones is 1. The monoisotopic (exact) mass is 387 g/mol. The Morgan fingerprint density at radius 3 is 2.89 bits per heavy atom. The number of rotatable bonds is 4. The number of esters is 1. The van der Waals surface area contributed by atoms with Crippen molar-refractivity contribution in [2.75, 3.05) is 13.2 Å². The first-order valence-electron chi connectivity index (χ1n) is 9.32. The van der Waals surface area contributed by atoms with Crippen LogP contribution >= 0.6 is 11.6 Å². The van der Waals surface area contributed by atoms with Crippen molar-refractivity contribution in [3.63, 3.8) is 0 Å². The average Bonchev–Trinajstić information content (AvgIpc) is 3.28. The molecule has 142 valence electrons. The van der Waals surface area contributed by atoms with Gasteiger partial charge in [0, 0.05) is 29.3 Å². The number of nitrogens with one attached hydrogen (secondary N) is 1. The van der Waals surface area contributed by atoms with Crippen LogP contribution in [-0.2, 0) is 15.9 Å². The summed E-state index contributed by atoms with van der Waals surface area (Å²) >= 11 is 6.32. The minimum atomic E-state index is -0.431. The highest BCUT2D eigenvalue weighted by molar-refractivity contribution is 6.31. The van der Waals surface area contributed by atoms with Crippen LogP contribution in [0.3, 0.4) is 0 Å². The van der Waals surface area contributed by atoms with E-state index in [9.17, 15) is 9.59 Å². The first kappa shape index (κ1) is 18.3. The van der Waals surface area contributed by atoms with Gasteiger partial charge in [-0.2, -0.15) is 0 Å². The standard InChI is InChI=1S/C21H22ClNO4/c1-12-19-17(23-20(12)21(25)27-11-14-5-4-8-26-14)9-13(10-18(19)24)15-6-2-3-7-16(15)22/h2-3,6-7,13-14,23H,4-5,8-11H2,1H3.